The van der Waals surface area contributed by atoms with Gasteiger partial charge >= 0.3 is 6.36 Å². The van der Waals surface area contributed by atoms with E-state index in [0.29, 0.717) is 22.5 Å². The Morgan fingerprint density at radius 1 is 1.14 bits per heavy atom. The summed E-state index contributed by atoms with van der Waals surface area (Å²) in [5, 5.41) is 0. The van der Waals surface area contributed by atoms with E-state index in [1.807, 2.05) is 0 Å². The molecule has 0 saturated heterocycles. The van der Waals surface area contributed by atoms with Crippen molar-refractivity contribution in [3.63, 3.8) is 0 Å². The third kappa shape index (κ3) is 4.68. The highest BCUT2D eigenvalue weighted by Crippen LogP contribution is 2.27. The van der Waals surface area contributed by atoms with Crippen LogP contribution >= 0.6 is 24.0 Å². The highest BCUT2D eigenvalue weighted by molar-refractivity contribution is 6.17. The van der Waals surface area contributed by atoms with Gasteiger partial charge in [0, 0.05) is 17.3 Å². The number of halogens is 5. The second kappa shape index (κ2) is 6.87. The summed E-state index contributed by atoms with van der Waals surface area (Å²) in [6.07, 6.45) is -3.17. The number of benzene rings is 1. The van der Waals surface area contributed by atoms with E-state index in [0.717, 1.165) is 0 Å². The predicted molar refractivity (Wildman–Crippen MR) is 77.6 cm³/mol. The van der Waals surface area contributed by atoms with Gasteiger partial charge in [0.2, 0.25) is 0 Å². The number of anilines is 1. The summed E-state index contributed by atoms with van der Waals surface area (Å²) in [5.74, 6) is 0.269. The summed E-state index contributed by atoms with van der Waals surface area (Å²) in [5.41, 5.74) is 7.71. The first-order valence-electron chi connectivity index (χ1n) is 5.55. The third-order valence-corrected chi connectivity index (χ3v) is 2.85. The minimum absolute atomic E-state index is 0. The number of rotatable bonds is 3. The highest BCUT2D eigenvalue weighted by Gasteiger charge is 2.30. The zero-order valence-electron chi connectivity index (χ0n) is 10.5. The number of hydrogen-bond acceptors (Lipinski definition) is 3. The van der Waals surface area contributed by atoms with Crippen molar-refractivity contribution in [3.05, 3.63) is 42.1 Å². The molecule has 114 valence electrons. The van der Waals surface area contributed by atoms with Gasteiger partial charge in [-0.15, -0.1) is 37.2 Å². The molecule has 3 nitrogen and oxygen atoms in total. The predicted octanol–water partition coefficient (Wildman–Crippen LogP) is 4.39. The number of hydrogen-bond donors (Lipinski definition) is 1. The number of nitrogens with two attached hydrogens (primary N) is 1. The van der Waals surface area contributed by atoms with Gasteiger partial charge < -0.3 is 10.5 Å². The maximum absolute atomic E-state index is 12.0. The standard InChI is InChI=1S/C13H10ClF3N2O.ClH/c14-6-9-5-10(7-19-12(9)18)8-1-3-11(4-2-8)20-13(15,16)17;/h1-5,7H,6H2,(H2,18,19);1H. The van der Waals surface area contributed by atoms with Gasteiger partial charge in [-0.3, -0.25) is 0 Å². The third-order valence-electron chi connectivity index (χ3n) is 2.57. The van der Waals surface area contributed by atoms with Crippen LogP contribution in [0.2, 0.25) is 0 Å². The average Bonchev–Trinajstić information content (AvgIpc) is 2.38. The molecule has 0 saturated carbocycles. The second-order valence-corrected chi connectivity index (χ2v) is 4.24. The van der Waals surface area contributed by atoms with Crippen molar-refractivity contribution < 1.29 is 17.9 Å². The molecule has 8 heteroatoms. The molecule has 1 aromatic heterocycles. The van der Waals surface area contributed by atoms with Gasteiger partial charge in [-0.2, -0.15) is 0 Å². The van der Waals surface area contributed by atoms with Crippen molar-refractivity contribution in [2.45, 2.75) is 12.2 Å². The van der Waals surface area contributed by atoms with E-state index in [2.05, 4.69) is 9.72 Å². The van der Waals surface area contributed by atoms with Crippen molar-refractivity contribution >= 4 is 29.8 Å². The monoisotopic (exact) mass is 338 g/mol. The molecule has 21 heavy (non-hydrogen) atoms. The van der Waals surface area contributed by atoms with E-state index >= 15 is 0 Å². The lowest BCUT2D eigenvalue weighted by Crippen LogP contribution is -2.16. The minimum atomic E-state index is -4.70. The van der Waals surface area contributed by atoms with Crippen molar-refractivity contribution in [3.8, 4) is 16.9 Å². The molecule has 0 atom stereocenters. The molecule has 1 aromatic carbocycles. The Bertz CT molecular complexity index is 603. The topological polar surface area (TPSA) is 48.1 Å². The van der Waals surface area contributed by atoms with Crippen molar-refractivity contribution in [2.75, 3.05) is 5.73 Å². The summed E-state index contributed by atoms with van der Waals surface area (Å²) in [4.78, 5) is 3.99. The van der Waals surface area contributed by atoms with Gasteiger partial charge in [-0.1, -0.05) is 12.1 Å². The molecule has 1 heterocycles. The molecule has 2 N–H and O–H groups in total. The van der Waals surface area contributed by atoms with Gasteiger partial charge in [0.05, 0.1) is 5.88 Å². The van der Waals surface area contributed by atoms with Crippen LogP contribution in [0.1, 0.15) is 5.56 Å². The van der Waals surface area contributed by atoms with Crippen LogP contribution < -0.4 is 10.5 Å². The Kier molecular flexibility index (Phi) is 5.69. The number of pyridine rings is 1. The molecule has 0 aliphatic heterocycles. The summed E-state index contributed by atoms with van der Waals surface area (Å²) >= 11 is 5.72. The molecule has 0 fully saturated rings. The van der Waals surface area contributed by atoms with Crippen LogP contribution in [0, 0.1) is 0 Å². The van der Waals surface area contributed by atoms with E-state index in [1.165, 1.54) is 30.5 Å². The zero-order valence-corrected chi connectivity index (χ0v) is 12.1. The molecule has 0 aliphatic rings. The lowest BCUT2D eigenvalue weighted by molar-refractivity contribution is -0.274. The summed E-state index contributed by atoms with van der Waals surface area (Å²) in [6.45, 7) is 0. The summed E-state index contributed by atoms with van der Waals surface area (Å²) in [6, 6.07) is 7.23. The molecular formula is C13H11Cl2F3N2O. The van der Waals surface area contributed by atoms with Crippen molar-refractivity contribution in [1.29, 1.82) is 0 Å². The molecular weight excluding hydrogens is 328 g/mol. The van der Waals surface area contributed by atoms with E-state index in [4.69, 9.17) is 17.3 Å². The minimum Gasteiger partial charge on any atom is -0.406 e. The van der Waals surface area contributed by atoms with Crippen LogP contribution in [0.3, 0.4) is 0 Å². The Morgan fingerprint density at radius 3 is 2.29 bits per heavy atom. The van der Waals surface area contributed by atoms with Crippen LogP contribution in [-0.2, 0) is 5.88 Å². The lowest BCUT2D eigenvalue weighted by atomic mass is 10.1. The van der Waals surface area contributed by atoms with Gasteiger partial charge in [-0.25, -0.2) is 4.98 Å². The number of alkyl halides is 4. The Hall–Kier alpha value is -1.66. The largest absolute Gasteiger partial charge is 0.573 e. The van der Waals surface area contributed by atoms with Gasteiger partial charge in [0.15, 0.2) is 0 Å². The Balaban J connectivity index is 0.00000220. The molecule has 0 unspecified atom stereocenters. The van der Waals surface area contributed by atoms with Gasteiger partial charge in [0.25, 0.3) is 0 Å². The maximum Gasteiger partial charge on any atom is 0.573 e. The molecule has 0 radical (unpaired) electrons. The zero-order chi connectivity index (χ0) is 14.8. The number of aromatic nitrogens is 1. The first kappa shape index (κ1) is 17.4. The van der Waals surface area contributed by atoms with Crippen LogP contribution in [0.4, 0.5) is 19.0 Å². The van der Waals surface area contributed by atoms with Crippen molar-refractivity contribution in [1.82, 2.24) is 4.98 Å². The molecule has 2 aromatic rings. The number of ether oxygens (including phenoxy) is 1. The van der Waals surface area contributed by atoms with Gasteiger partial charge in [-0.05, 0) is 23.8 Å². The van der Waals surface area contributed by atoms with Crippen LogP contribution in [0.15, 0.2) is 36.5 Å². The van der Waals surface area contributed by atoms with E-state index < -0.39 is 6.36 Å². The second-order valence-electron chi connectivity index (χ2n) is 3.97. The smallest absolute Gasteiger partial charge is 0.406 e. The lowest BCUT2D eigenvalue weighted by Gasteiger charge is -2.10. The molecule has 0 spiro atoms. The van der Waals surface area contributed by atoms with E-state index in [1.54, 1.807) is 6.07 Å². The molecule has 2 rings (SSSR count). The fourth-order valence-corrected chi connectivity index (χ4v) is 1.85. The Morgan fingerprint density at radius 2 is 1.76 bits per heavy atom. The first-order valence-corrected chi connectivity index (χ1v) is 6.09. The average molecular weight is 339 g/mol. The normalized spacial score (nSPS) is 10.9. The molecule has 0 bridgehead atoms. The fourth-order valence-electron chi connectivity index (χ4n) is 1.63. The van der Waals surface area contributed by atoms with Crippen LogP contribution in [-0.4, -0.2) is 11.3 Å². The van der Waals surface area contributed by atoms with Crippen LogP contribution in [0.25, 0.3) is 11.1 Å². The summed E-state index contributed by atoms with van der Waals surface area (Å²) in [7, 11) is 0. The molecule has 0 aliphatic carbocycles. The first-order chi connectivity index (χ1) is 9.39. The maximum atomic E-state index is 12.0. The van der Waals surface area contributed by atoms with Crippen molar-refractivity contribution in [2.24, 2.45) is 0 Å². The highest BCUT2D eigenvalue weighted by atomic mass is 35.5. The van der Waals surface area contributed by atoms with Gasteiger partial charge in [0.1, 0.15) is 11.6 Å². The fraction of sp³-hybridized carbons (Fsp3) is 0.154. The van der Waals surface area contributed by atoms with E-state index in [9.17, 15) is 13.2 Å². The SMILES string of the molecule is Cl.Nc1ncc(-c2ccc(OC(F)(F)F)cc2)cc1CCl. The quantitative estimate of drug-likeness (QED) is 0.844. The van der Waals surface area contributed by atoms with E-state index in [-0.39, 0.29) is 24.0 Å². The Labute approximate surface area is 130 Å². The molecule has 0 amide bonds. The number of nitrogens with zero attached hydrogens (tertiary/aromatic N) is 1. The van der Waals surface area contributed by atoms with Crippen LogP contribution in [0.5, 0.6) is 5.75 Å². The number of nitrogen functional groups attached to an aromatic ring is 1. The summed E-state index contributed by atoms with van der Waals surface area (Å²) < 4.78 is 39.9.